The van der Waals surface area contributed by atoms with Gasteiger partial charge in [-0.15, -0.1) is 0 Å². The van der Waals surface area contributed by atoms with E-state index in [0.29, 0.717) is 12.1 Å². The summed E-state index contributed by atoms with van der Waals surface area (Å²) >= 11 is 0. The molecule has 2 nitrogen and oxygen atoms in total. The summed E-state index contributed by atoms with van der Waals surface area (Å²) in [7, 11) is 0. The van der Waals surface area contributed by atoms with Crippen molar-refractivity contribution in [3.63, 3.8) is 0 Å². The van der Waals surface area contributed by atoms with Crippen molar-refractivity contribution >= 4 is 0 Å². The molecule has 0 aromatic rings. The van der Waals surface area contributed by atoms with Crippen LogP contribution in [-0.2, 0) is 0 Å². The first-order valence-corrected chi connectivity index (χ1v) is 6.87. The number of hydrogen-bond acceptors (Lipinski definition) is 2. The first-order chi connectivity index (χ1) is 7.38. The Morgan fingerprint density at radius 2 is 1.33 bits per heavy atom. The van der Waals surface area contributed by atoms with Crippen LogP contribution >= 0.6 is 0 Å². The van der Waals surface area contributed by atoms with Crippen LogP contribution in [0.5, 0.6) is 0 Å². The van der Waals surface area contributed by atoms with Gasteiger partial charge >= 0.3 is 0 Å². The zero-order chi connectivity index (χ0) is 10.5. The third-order valence-electron chi connectivity index (χ3n) is 4.14. The minimum absolute atomic E-state index is 0.448. The van der Waals surface area contributed by atoms with Crippen molar-refractivity contribution in [3.8, 4) is 0 Å². The first-order valence-electron chi connectivity index (χ1n) is 6.87. The van der Waals surface area contributed by atoms with E-state index in [1.807, 2.05) is 0 Å². The maximum absolute atomic E-state index is 6.34. The summed E-state index contributed by atoms with van der Waals surface area (Å²) in [5.41, 5.74) is 6.34. The van der Waals surface area contributed by atoms with Gasteiger partial charge in [0.05, 0.1) is 0 Å². The summed E-state index contributed by atoms with van der Waals surface area (Å²) < 4.78 is 0. The van der Waals surface area contributed by atoms with Crippen LogP contribution in [0.15, 0.2) is 0 Å². The van der Waals surface area contributed by atoms with E-state index in [4.69, 9.17) is 5.73 Å². The molecule has 15 heavy (non-hydrogen) atoms. The Morgan fingerprint density at radius 3 is 2.07 bits per heavy atom. The lowest BCUT2D eigenvalue weighted by Gasteiger charge is -2.39. The van der Waals surface area contributed by atoms with Gasteiger partial charge in [0, 0.05) is 12.1 Å². The molecule has 2 atom stereocenters. The number of hydrogen-bond donors (Lipinski definition) is 1. The van der Waals surface area contributed by atoms with Crippen LogP contribution in [0.4, 0.5) is 0 Å². The van der Waals surface area contributed by atoms with Crippen LogP contribution in [0, 0.1) is 0 Å². The summed E-state index contributed by atoms with van der Waals surface area (Å²) in [5, 5.41) is 0. The zero-order valence-corrected chi connectivity index (χ0v) is 9.96. The van der Waals surface area contributed by atoms with Gasteiger partial charge in [-0.2, -0.15) is 0 Å². The predicted molar refractivity (Wildman–Crippen MR) is 64.9 cm³/mol. The van der Waals surface area contributed by atoms with Gasteiger partial charge in [0.15, 0.2) is 0 Å². The highest BCUT2D eigenvalue weighted by molar-refractivity contribution is 4.85. The van der Waals surface area contributed by atoms with Crippen molar-refractivity contribution < 1.29 is 0 Å². The summed E-state index contributed by atoms with van der Waals surface area (Å²) in [6.07, 6.45) is 12.4. The van der Waals surface area contributed by atoms with Crippen molar-refractivity contribution in [3.05, 3.63) is 0 Å². The Labute approximate surface area is 94.2 Å². The second kappa shape index (κ2) is 5.86. The average Bonchev–Trinajstić information content (AvgIpc) is 2.25. The Hall–Kier alpha value is -0.0800. The van der Waals surface area contributed by atoms with E-state index in [0.717, 1.165) is 0 Å². The molecular formula is C13H26N2. The van der Waals surface area contributed by atoms with Gasteiger partial charge in [0.1, 0.15) is 0 Å². The Morgan fingerprint density at radius 1 is 0.733 bits per heavy atom. The molecule has 1 aliphatic carbocycles. The fraction of sp³-hybridized carbons (Fsp3) is 1.00. The number of piperidine rings is 1. The molecule has 2 rings (SSSR count). The molecule has 2 unspecified atom stereocenters. The summed E-state index contributed by atoms with van der Waals surface area (Å²) in [6.45, 7) is 2.61. The Balaban J connectivity index is 1.90. The molecule has 1 aliphatic heterocycles. The maximum atomic E-state index is 6.34. The quantitative estimate of drug-likeness (QED) is 0.720. The fourth-order valence-corrected chi connectivity index (χ4v) is 3.20. The van der Waals surface area contributed by atoms with Gasteiger partial charge in [-0.05, 0) is 38.8 Å². The highest BCUT2D eigenvalue weighted by Gasteiger charge is 2.26. The van der Waals surface area contributed by atoms with Crippen LogP contribution in [0.1, 0.15) is 57.8 Å². The molecule has 2 aliphatic rings. The molecule has 1 heterocycles. The van der Waals surface area contributed by atoms with Gasteiger partial charge in [-0.25, -0.2) is 0 Å². The molecule has 1 saturated carbocycles. The lowest BCUT2D eigenvalue weighted by atomic mass is 9.90. The third kappa shape index (κ3) is 3.18. The smallest absolute Gasteiger partial charge is 0.0247 e. The maximum Gasteiger partial charge on any atom is 0.0247 e. The number of nitrogens with two attached hydrogens (primary N) is 1. The van der Waals surface area contributed by atoms with Crippen LogP contribution in [-0.4, -0.2) is 30.1 Å². The third-order valence-corrected chi connectivity index (χ3v) is 4.14. The molecule has 0 bridgehead atoms. The van der Waals surface area contributed by atoms with Crippen LogP contribution in [0.3, 0.4) is 0 Å². The molecule has 0 amide bonds. The van der Waals surface area contributed by atoms with Gasteiger partial charge in [0.25, 0.3) is 0 Å². The predicted octanol–water partition coefficient (Wildman–Crippen LogP) is 2.52. The molecule has 0 aromatic heterocycles. The average molecular weight is 210 g/mol. The van der Waals surface area contributed by atoms with Crippen molar-refractivity contribution in [2.75, 3.05) is 13.1 Å². The van der Waals surface area contributed by atoms with Crippen LogP contribution < -0.4 is 5.73 Å². The molecule has 2 fully saturated rings. The molecule has 2 heteroatoms. The van der Waals surface area contributed by atoms with Crippen LogP contribution in [0.25, 0.3) is 0 Å². The Kier molecular flexibility index (Phi) is 4.45. The number of likely N-dealkylation sites (tertiary alicyclic amines) is 1. The van der Waals surface area contributed by atoms with Crippen molar-refractivity contribution in [1.29, 1.82) is 0 Å². The van der Waals surface area contributed by atoms with E-state index in [-0.39, 0.29) is 0 Å². The van der Waals surface area contributed by atoms with Gasteiger partial charge in [-0.3, -0.25) is 4.90 Å². The second-order valence-electron chi connectivity index (χ2n) is 5.32. The summed E-state index contributed by atoms with van der Waals surface area (Å²) in [4.78, 5) is 2.68. The monoisotopic (exact) mass is 210 g/mol. The minimum atomic E-state index is 0.448. The lowest BCUT2D eigenvalue weighted by Crippen LogP contribution is -2.50. The van der Waals surface area contributed by atoms with Gasteiger partial charge in [0.2, 0.25) is 0 Å². The topological polar surface area (TPSA) is 29.3 Å². The summed E-state index contributed by atoms with van der Waals surface area (Å²) in [6, 6.07) is 1.15. The van der Waals surface area contributed by atoms with E-state index in [9.17, 15) is 0 Å². The molecule has 0 spiro atoms. The van der Waals surface area contributed by atoms with Gasteiger partial charge in [-0.1, -0.05) is 32.1 Å². The highest BCUT2D eigenvalue weighted by atomic mass is 15.2. The van der Waals surface area contributed by atoms with Crippen LogP contribution in [0.2, 0.25) is 0 Å². The molecule has 2 N–H and O–H groups in total. The molecule has 88 valence electrons. The van der Waals surface area contributed by atoms with Crippen molar-refractivity contribution in [1.82, 2.24) is 4.90 Å². The van der Waals surface area contributed by atoms with Crippen molar-refractivity contribution in [2.24, 2.45) is 5.73 Å². The molecule has 1 saturated heterocycles. The SMILES string of the molecule is NC1CCCCCCC1N1CCCCC1. The molecule has 0 radical (unpaired) electrons. The highest BCUT2D eigenvalue weighted by Crippen LogP contribution is 2.23. The normalized spacial score (nSPS) is 35.8. The largest absolute Gasteiger partial charge is 0.326 e. The standard InChI is InChI=1S/C13H26N2/c14-12-8-4-1-2-5-9-13(12)15-10-6-3-7-11-15/h12-13H,1-11,14H2. The number of nitrogens with zero attached hydrogens (tertiary/aromatic N) is 1. The Bertz CT molecular complexity index is 175. The van der Waals surface area contributed by atoms with E-state index in [2.05, 4.69) is 4.90 Å². The molecular weight excluding hydrogens is 184 g/mol. The van der Waals surface area contributed by atoms with E-state index in [1.54, 1.807) is 0 Å². The molecule has 0 aromatic carbocycles. The minimum Gasteiger partial charge on any atom is -0.326 e. The number of rotatable bonds is 1. The van der Waals surface area contributed by atoms with E-state index >= 15 is 0 Å². The first kappa shape index (κ1) is 11.4. The van der Waals surface area contributed by atoms with Gasteiger partial charge < -0.3 is 5.73 Å². The van der Waals surface area contributed by atoms with Crippen molar-refractivity contribution in [2.45, 2.75) is 69.9 Å². The van der Waals surface area contributed by atoms with E-state index in [1.165, 1.54) is 70.9 Å². The summed E-state index contributed by atoms with van der Waals surface area (Å²) in [5.74, 6) is 0. The van der Waals surface area contributed by atoms with E-state index < -0.39 is 0 Å². The lowest BCUT2D eigenvalue weighted by molar-refractivity contribution is 0.124. The second-order valence-corrected chi connectivity index (χ2v) is 5.32. The zero-order valence-electron chi connectivity index (χ0n) is 9.96. The fourth-order valence-electron chi connectivity index (χ4n) is 3.20.